The molecule has 0 atom stereocenters. The first-order chi connectivity index (χ1) is 20.1. The van der Waals surface area contributed by atoms with Gasteiger partial charge in [-0.3, -0.25) is 4.79 Å². The number of rotatable bonds is 9. The van der Waals surface area contributed by atoms with E-state index in [1.165, 1.54) is 26.7 Å². The number of hydrogen-bond acceptors (Lipinski definition) is 5. The van der Waals surface area contributed by atoms with Gasteiger partial charge in [0, 0.05) is 55.0 Å². The number of allylic oxidation sites excluding steroid dienone is 2. The van der Waals surface area contributed by atoms with Gasteiger partial charge in [0.15, 0.2) is 5.78 Å². The van der Waals surface area contributed by atoms with Crippen LogP contribution in [0.4, 0.5) is 0 Å². The summed E-state index contributed by atoms with van der Waals surface area (Å²) in [5, 5.41) is 13.7. The molecule has 44 heavy (non-hydrogen) atoms. The van der Waals surface area contributed by atoms with Crippen LogP contribution in [0.25, 0.3) is 32.2 Å². The molecule has 6 heteroatoms. The molecule has 4 nitrogen and oxygen atoms in total. The molecule has 0 saturated carbocycles. The van der Waals surface area contributed by atoms with Crippen molar-refractivity contribution in [1.29, 1.82) is 0 Å². The van der Waals surface area contributed by atoms with Gasteiger partial charge in [0.05, 0.1) is 15.2 Å². The van der Waals surface area contributed by atoms with Crippen LogP contribution in [0.1, 0.15) is 104 Å². The van der Waals surface area contributed by atoms with Crippen molar-refractivity contribution in [3.63, 3.8) is 0 Å². The van der Waals surface area contributed by atoms with Gasteiger partial charge in [0.25, 0.3) is 0 Å². The second-order valence-electron chi connectivity index (χ2n) is 13.7. The Morgan fingerprint density at radius 1 is 0.909 bits per heavy atom. The Hall–Kier alpha value is -2.40. The number of carbonyl (C=O) groups is 1. The number of thiazole rings is 1. The monoisotopic (exact) mass is 792 g/mol. The van der Waals surface area contributed by atoms with Gasteiger partial charge >= 0.3 is 0 Å². The molecule has 0 aliphatic carbocycles. The topological polar surface area (TPSA) is 63.1 Å². The van der Waals surface area contributed by atoms with E-state index in [2.05, 4.69) is 76.0 Å². The molecule has 2 heterocycles. The summed E-state index contributed by atoms with van der Waals surface area (Å²) in [6, 6.07) is 14.2. The van der Waals surface area contributed by atoms with Crippen LogP contribution in [0.15, 0.2) is 48.4 Å². The Morgan fingerprint density at radius 2 is 1.52 bits per heavy atom. The number of nitrogens with zero attached hydrogens (tertiary/aromatic N) is 2. The van der Waals surface area contributed by atoms with E-state index in [-0.39, 0.29) is 47.9 Å². The third-order valence-corrected chi connectivity index (χ3v) is 10.1. The molecule has 0 fully saturated rings. The largest absolute Gasteiger partial charge is 0.512 e. The first kappa shape index (κ1) is 37.8. The van der Waals surface area contributed by atoms with Gasteiger partial charge in [-0.2, -0.15) is 0 Å². The summed E-state index contributed by atoms with van der Waals surface area (Å²) < 4.78 is 1.25. The zero-order valence-electron chi connectivity index (χ0n) is 28.6. The molecule has 241 valence electrons. The number of aromatic nitrogens is 2. The zero-order valence-corrected chi connectivity index (χ0v) is 31.8. The third-order valence-electron chi connectivity index (χ3n) is 9.03. The van der Waals surface area contributed by atoms with E-state index < -0.39 is 0 Å². The van der Waals surface area contributed by atoms with Gasteiger partial charge in [-0.25, -0.2) is 4.98 Å². The minimum absolute atomic E-state index is 0. The minimum atomic E-state index is -0.337. The van der Waals surface area contributed by atoms with Gasteiger partial charge in [0.1, 0.15) is 5.76 Å². The Bertz CT molecular complexity index is 1580. The van der Waals surface area contributed by atoms with Crippen molar-refractivity contribution in [2.75, 3.05) is 0 Å². The molecule has 0 amide bonds. The fourth-order valence-electron chi connectivity index (χ4n) is 5.14. The van der Waals surface area contributed by atoms with Gasteiger partial charge in [-0.05, 0) is 54.3 Å². The van der Waals surface area contributed by atoms with Crippen molar-refractivity contribution in [3.8, 4) is 11.3 Å². The van der Waals surface area contributed by atoms with Crippen molar-refractivity contribution >= 4 is 38.1 Å². The van der Waals surface area contributed by atoms with Crippen LogP contribution in [0.5, 0.6) is 0 Å². The molecule has 0 spiro atoms. The molecular formula is C38H51IrN2O2S-. The molecule has 2 aromatic carbocycles. The molecule has 0 unspecified atom stereocenters. The van der Waals surface area contributed by atoms with Crippen molar-refractivity contribution in [2.24, 2.45) is 16.2 Å². The number of aliphatic hydroxyl groups excluding tert-OH is 1. The summed E-state index contributed by atoms with van der Waals surface area (Å²) in [6.45, 7) is 23.1. The average Bonchev–Trinajstić information content (AvgIpc) is 3.37. The number of fused-ring (bicyclic) bond motifs is 3. The molecule has 1 radical (unpaired) electrons. The second kappa shape index (κ2) is 15.3. The maximum atomic E-state index is 12.2. The van der Waals surface area contributed by atoms with Gasteiger partial charge in [-0.1, -0.05) is 82.2 Å². The first-order valence-corrected chi connectivity index (χ1v) is 16.5. The average molecular weight is 792 g/mol. The summed E-state index contributed by atoms with van der Waals surface area (Å²) in [4.78, 5) is 21.8. The van der Waals surface area contributed by atoms with Crippen LogP contribution < -0.4 is 0 Å². The van der Waals surface area contributed by atoms with E-state index in [0.717, 1.165) is 59.8 Å². The van der Waals surface area contributed by atoms with Crippen molar-refractivity contribution in [1.82, 2.24) is 9.97 Å². The van der Waals surface area contributed by atoms with Gasteiger partial charge in [-0.15, -0.1) is 46.2 Å². The number of aliphatic hydroxyl groups is 1. The molecular weight excluding hydrogens is 741 g/mol. The van der Waals surface area contributed by atoms with Crippen LogP contribution in [-0.2, 0) is 31.3 Å². The minimum Gasteiger partial charge on any atom is -0.512 e. The molecule has 4 aromatic rings. The first-order valence-electron chi connectivity index (χ1n) is 15.7. The van der Waals surface area contributed by atoms with E-state index in [0.29, 0.717) is 0 Å². The summed E-state index contributed by atoms with van der Waals surface area (Å²) in [5.74, 6) is 0.286. The van der Waals surface area contributed by atoms with Crippen molar-refractivity contribution in [2.45, 2.75) is 108 Å². The standard InChI is InChI=1S/C23H23N2S.C15H28O2.Ir/c1-14-10-15(2)12-16(11-14)21-17-6-7-19-22(18(17)8-9-24-21)25-20(26-19)13-23(3,4)5;1-7-14(5,8-2)12(16)11-13(17)15(6,9-3)10-4;/h6-11H,13H2,1-5H3;11,16H,7-10H2,1-6H3;/q-1;;/b;12-11-;. The number of carbonyl (C=O) groups excluding carboxylic acids is 1. The maximum absolute atomic E-state index is 12.2. The number of ketones is 1. The number of pyridine rings is 1. The summed E-state index contributed by atoms with van der Waals surface area (Å²) in [7, 11) is 0. The molecule has 2 aromatic heterocycles. The van der Waals surface area contributed by atoms with Crippen LogP contribution in [0, 0.1) is 36.2 Å². The molecule has 0 bridgehead atoms. The fourth-order valence-corrected chi connectivity index (χ4v) is 6.43. The molecule has 1 N–H and O–H groups in total. The Kier molecular flexibility index (Phi) is 13.1. The van der Waals surface area contributed by atoms with Gasteiger partial charge in [0.2, 0.25) is 0 Å². The maximum Gasteiger partial charge on any atom is 0.164 e. The van der Waals surface area contributed by atoms with E-state index in [1.54, 1.807) is 11.3 Å². The quantitative estimate of drug-likeness (QED) is 0.104. The predicted molar refractivity (Wildman–Crippen MR) is 185 cm³/mol. The third kappa shape index (κ3) is 8.86. The van der Waals surface area contributed by atoms with E-state index in [4.69, 9.17) is 4.98 Å². The Morgan fingerprint density at radius 3 is 2.07 bits per heavy atom. The second-order valence-corrected chi connectivity index (χ2v) is 14.8. The normalized spacial score (nSPS) is 12.6. The Balaban J connectivity index is 0.000000331. The summed E-state index contributed by atoms with van der Waals surface area (Å²) >= 11 is 1.81. The fraction of sp³-hybridized carbons (Fsp3) is 0.500. The van der Waals surface area contributed by atoms with E-state index in [9.17, 15) is 9.90 Å². The number of aryl methyl sites for hydroxylation is 2. The summed E-state index contributed by atoms with van der Waals surface area (Å²) in [5.41, 5.74) is 5.15. The van der Waals surface area contributed by atoms with Crippen LogP contribution in [-0.4, -0.2) is 20.9 Å². The summed E-state index contributed by atoms with van der Waals surface area (Å²) in [6.07, 6.45) is 7.65. The SMILES string of the molecule is CCC(C)(CC)C(=O)/C=C(\O)C(C)(CC)CC.Cc1[c-]c(-c2nccc3c2ccc2sc(CC(C)(C)C)nc23)cc(C)c1.[Ir]. The van der Waals surface area contributed by atoms with Gasteiger partial charge < -0.3 is 10.1 Å². The van der Waals surface area contributed by atoms with Crippen molar-refractivity contribution < 1.29 is 30.0 Å². The number of hydrogen-bond donors (Lipinski definition) is 1. The van der Waals surface area contributed by atoms with E-state index in [1.807, 2.05) is 47.7 Å². The number of benzene rings is 2. The predicted octanol–water partition coefficient (Wildman–Crippen LogP) is 11.2. The van der Waals surface area contributed by atoms with Crippen LogP contribution >= 0.6 is 11.3 Å². The molecule has 0 saturated heterocycles. The molecule has 0 aliphatic rings. The van der Waals surface area contributed by atoms with E-state index >= 15 is 0 Å². The van der Waals surface area contributed by atoms with Crippen LogP contribution in [0.2, 0.25) is 0 Å². The molecule has 4 rings (SSSR count). The van der Waals surface area contributed by atoms with Crippen molar-refractivity contribution in [3.05, 3.63) is 70.6 Å². The smallest absolute Gasteiger partial charge is 0.164 e. The Labute approximate surface area is 283 Å². The molecule has 0 aliphatic heterocycles. The zero-order chi connectivity index (χ0) is 32.2. The van der Waals surface area contributed by atoms with Crippen LogP contribution in [0.3, 0.4) is 0 Å².